The molecule has 2 aromatic carbocycles. The van der Waals surface area contributed by atoms with Crippen LogP contribution in [0.2, 0.25) is 0 Å². The Bertz CT molecular complexity index is 994. The highest BCUT2D eigenvalue weighted by molar-refractivity contribution is 7.89. The van der Waals surface area contributed by atoms with Crippen molar-refractivity contribution in [3.05, 3.63) is 54.1 Å². The van der Waals surface area contributed by atoms with E-state index in [1.165, 1.54) is 10.4 Å². The molecule has 1 aliphatic rings. The molecular formula is C23H30N2O4S. The molecule has 1 amide bonds. The fourth-order valence-electron chi connectivity index (χ4n) is 3.87. The topological polar surface area (TPSA) is 75.7 Å². The maximum atomic E-state index is 13.2. The van der Waals surface area contributed by atoms with Crippen LogP contribution in [0.1, 0.15) is 44.5 Å². The average molecular weight is 431 g/mol. The largest absolute Gasteiger partial charge is 0.489 e. The van der Waals surface area contributed by atoms with Crippen LogP contribution in [-0.2, 0) is 10.0 Å². The predicted molar refractivity (Wildman–Crippen MR) is 118 cm³/mol. The van der Waals surface area contributed by atoms with Gasteiger partial charge in [-0.05, 0) is 62.4 Å². The normalized spacial score (nSPS) is 20.2. The Morgan fingerprint density at radius 3 is 2.40 bits per heavy atom. The summed E-state index contributed by atoms with van der Waals surface area (Å²) in [6.07, 6.45) is 0.984. The fourth-order valence-corrected chi connectivity index (χ4v) is 5.60. The zero-order valence-corrected chi connectivity index (χ0v) is 18.8. The van der Waals surface area contributed by atoms with E-state index in [9.17, 15) is 13.2 Å². The predicted octanol–water partition coefficient (Wildman–Crippen LogP) is 4.39. The molecule has 0 aromatic heterocycles. The van der Waals surface area contributed by atoms with E-state index in [-0.39, 0.29) is 22.5 Å². The third-order valence-corrected chi connectivity index (χ3v) is 6.89. The third kappa shape index (κ3) is 5.21. The van der Waals surface area contributed by atoms with Gasteiger partial charge >= 0.3 is 0 Å². The van der Waals surface area contributed by atoms with Gasteiger partial charge in [-0.15, -0.1) is 0 Å². The smallest absolute Gasteiger partial charge is 0.255 e. The second kappa shape index (κ2) is 9.18. The van der Waals surface area contributed by atoms with E-state index in [1.807, 2.05) is 26.0 Å². The second-order valence-electron chi connectivity index (χ2n) is 8.41. The van der Waals surface area contributed by atoms with Crippen LogP contribution in [0, 0.1) is 11.8 Å². The number of sulfonamides is 1. The molecule has 2 unspecified atom stereocenters. The molecule has 3 rings (SSSR count). The summed E-state index contributed by atoms with van der Waals surface area (Å²) >= 11 is 0. The van der Waals surface area contributed by atoms with Gasteiger partial charge in [0.1, 0.15) is 5.75 Å². The molecule has 0 spiro atoms. The van der Waals surface area contributed by atoms with Crippen LogP contribution < -0.4 is 10.1 Å². The number of hydrogen-bond donors (Lipinski definition) is 1. The Hall–Kier alpha value is -2.38. The molecule has 1 saturated heterocycles. The number of nitrogens with zero attached hydrogens (tertiary/aromatic N) is 1. The summed E-state index contributed by atoms with van der Waals surface area (Å²) in [5, 5.41) is 2.83. The molecule has 1 N–H and O–H groups in total. The Morgan fingerprint density at radius 2 is 1.73 bits per heavy atom. The van der Waals surface area contributed by atoms with E-state index in [0.29, 0.717) is 36.4 Å². The van der Waals surface area contributed by atoms with Crippen LogP contribution in [0.3, 0.4) is 0 Å². The Balaban J connectivity index is 1.83. The summed E-state index contributed by atoms with van der Waals surface area (Å²) in [6.45, 7) is 8.97. The zero-order chi connectivity index (χ0) is 21.9. The molecule has 162 valence electrons. The van der Waals surface area contributed by atoms with E-state index in [2.05, 4.69) is 19.2 Å². The molecule has 0 saturated carbocycles. The number of carbonyl (C=O) groups is 1. The molecule has 1 heterocycles. The van der Waals surface area contributed by atoms with E-state index in [4.69, 9.17) is 4.74 Å². The van der Waals surface area contributed by atoms with Crippen molar-refractivity contribution in [2.75, 3.05) is 18.4 Å². The van der Waals surface area contributed by atoms with Crippen LogP contribution >= 0.6 is 0 Å². The number of hydrogen-bond acceptors (Lipinski definition) is 4. The van der Waals surface area contributed by atoms with Crippen molar-refractivity contribution in [3.8, 4) is 5.75 Å². The molecule has 6 nitrogen and oxygen atoms in total. The summed E-state index contributed by atoms with van der Waals surface area (Å²) in [7, 11) is -3.65. The number of anilines is 1. The average Bonchev–Trinajstić information content (AvgIpc) is 2.68. The second-order valence-corrected chi connectivity index (χ2v) is 10.4. The number of piperidine rings is 1. The van der Waals surface area contributed by atoms with E-state index >= 15 is 0 Å². The Kier molecular flexibility index (Phi) is 6.83. The number of rotatable bonds is 6. The lowest BCUT2D eigenvalue weighted by Crippen LogP contribution is -2.42. The minimum absolute atomic E-state index is 0.0363. The van der Waals surface area contributed by atoms with Gasteiger partial charge in [0.15, 0.2) is 0 Å². The lowest BCUT2D eigenvalue weighted by Gasteiger charge is -2.34. The van der Waals surface area contributed by atoms with Gasteiger partial charge < -0.3 is 10.1 Å². The van der Waals surface area contributed by atoms with Crippen molar-refractivity contribution in [1.82, 2.24) is 4.31 Å². The van der Waals surface area contributed by atoms with Gasteiger partial charge in [0, 0.05) is 18.7 Å². The van der Waals surface area contributed by atoms with Gasteiger partial charge in [0.05, 0.1) is 16.7 Å². The molecule has 2 atom stereocenters. The van der Waals surface area contributed by atoms with E-state index in [0.717, 1.165) is 6.42 Å². The highest BCUT2D eigenvalue weighted by atomic mass is 32.2. The summed E-state index contributed by atoms with van der Waals surface area (Å²) in [4.78, 5) is 13.0. The molecule has 2 aromatic rings. The van der Waals surface area contributed by atoms with Crippen LogP contribution in [-0.4, -0.2) is 37.8 Å². The minimum Gasteiger partial charge on any atom is -0.489 e. The fraction of sp³-hybridized carbons (Fsp3) is 0.435. The zero-order valence-electron chi connectivity index (χ0n) is 18.0. The number of ether oxygens (including phenoxy) is 1. The van der Waals surface area contributed by atoms with Gasteiger partial charge in [-0.3, -0.25) is 4.79 Å². The minimum atomic E-state index is -3.65. The molecular weight excluding hydrogens is 400 g/mol. The van der Waals surface area contributed by atoms with Crippen molar-refractivity contribution in [2.45, 2.75) is 45.1 Å². The molecule has 30 heavy (non-hydrogen) atoms. The van der Waals surface area contributed by atoms with E-state index < -0.39 is 10.0 Å². The first-order chi connectivity index (χ1) is 14.2. The number of para-hydroxylation sites is 2. The summed E-state index contributed by atoms with van der Waals surface area (Å²) in [6, 6.07) is 13.4. The van der Waals surface area contributed by atoms with Gasteiger partial charge in [-0.1, -0.05) is 32.0 Å². The lowest BCUT2D eigenvalue weighted by atomic mass is 9.94. The quantitative estimate of drug-likeness (QED) is 0.737. The highest BCUT2D eigenvalue weighted by Crippen LogP contribution is 2.28. The highest BCUT2D eigenvalue weighted by Gasteiger charge is 2.32. The Labute approximate surface area is 179 Å². The first-order valence-electron chi connectivity index (χ1n) is 10.3. The summed E-state index contributed by atoms with van der Waals surface area (Å²) < 4.78 is 33.6. The van der Waals surface area contributed by atoms with Crippen molar-refractivity contribution < 1.29 is 17.9 Å². The molecule has 0 aliphatic carbocycles. The monoisotopic (exact) mass is 430 g/mol. The maximum Gasteiger partial charge on any atom is 0.255 e. The standard InChI is InChI=1S/C23H30N2O4S/c1-16(2)29-22-11-6-5-10-21(22)24-23(26)19-8-7-9-20(13-19)30(27,28)25-14-17(3)12-18(4)15-25/h5-11,13,16-18H,12,14-15H2,1-4H3,(H,24,26). The molecule has 0 radical (unpaired) electrons. The number of benzene rings is 2. The van der Waals surface area contributed by atoms with Gasteiger partial charge in [0.2, 0.25) is 10.0 Å². The van der Waals surface area contributed by atoms with Crippen LogP contribution in [0.15, 0.2) is 53.4 Å². The van der Waals surface area contributed by atoms with Gasteiger partial charge in [-0.25, -0.2) is 8.42 Å². The van der Waals surface area contributed by atoms with Crippen LogP contribution in [0.5, 0.6) is 5.75 Å². The Morgan fingerprint density at radius 1 is 1.07 bits per heavy atom. The first kappa shape index (κ1) is 22.3. The first-order valence-corrected chi connectivity index (χ1v) is 11.8. The molecule has 1 aliphatic heterocycles. The SMILES string of the molecule is CC1CC(C)CN(S(=O)(=O)c2cccc(C(=O)Nc3ccccc3OC(C)C)c2)C1. The van der Waals surface area contributed by atoms with E-state index in [1.54, 1.807) is 30.3 Å². The lowest BCUT2D eigenvalue weighted by molar-refractivity contribution is 0.102. The van der Waals surface area contributed by atoms with Gasteiger partial charge in [0.25, 0.3) is 5.91 Å². The van der Waals surface area contributed by atoms with Crippen LogP contribution in [0.25, 0.3) is 0 Å². The molecule has 1 fully saturated rings. The molecule has 7 heteroatoms. The van der Waals surface area contributed by atoms with Crippen molar-refractivity contribution in [1.29, 1.82) is 0 Å². The summed E-state index contributed by atoms with van der Waals surface area (Å²) in [5.74, 6) is 0.813. The maximum absolute atomic E-state index is 13.2. The number of nitrogens with one attached hydrogen (secondary N) is 1. The summed E-state index contributed by atoms with van der Waals surface area (Å²) in [5.41, 5.74) is 0.830. The van der Waals surface area contributed by atoms with Crippen molar-refractivity contribution >= 4 is 21.6 Å². The molecule has 0 bridgehead atoms. The third-order valence-electron chi connectivity index (χ3n) is 5.07. The number of amides is 1. The van der Waals surface area contributed by atoms with Crippen molar-refractivity contribution in [2.24, 2.45) is 11.8 Å². The number of carbonyl (C=O) groups excluding carboxylic acids is 1. The van der Waals surface area contributed by atoms with Gasteiger partial charge in [-0.2, -0.15) is 4.31 Å². The van der Waals surface area contributed by atoms with Crippen molar-refractivity contribution in [3.63, 3.8) is 0 Å². The van der Waals surface area contributed by atoms with Crippen LogP contribution in [0.4, 0.5) is 5.69 Å².